The Balaban J connectivity index is 1.94. The minimum atomic E-state index is 0.698. The standard InChI is InChI=1S/C13H20N4O/c1-3-5-14-9-11-8-12(18-16-11)10-17-7-6-15-13(17)4-2/h6-8,14H,3-5,9-10H2,1-2H3. The minimum Gasteiger partial charge on any atom is -0.359 e. The molecule has 0 amide bonds. The van der Waals surface area contributed by atoms with Gasteiger partial charge < -0.3 is 14.4 Å². The van der Waals surface area contributed by atoms with Crippen molar-refractivity contribution in [1.82, 2.24) is 20.0 Å². The van der Waals surface area contributed by atoms with Crippen molar-refractivity contribution in [3.8, 4) is 0 Å². The number of hydrogen-bond donors (Lipinski definition) is 1. The lowest BCUT2D eigenvalue weighted by Gasteiger charge is -2.02. The summed E-state index contributed by atoms with van der Waals surface area (Å²) >= 11 is 0. The quantitative estimate of drug-likeness (QED) is 0.761. The second kappa shape index (κ2) is 6.35. The van der Waals surface area contributed by atoms with E-state index in [1.807, 2.05) is 18.5 Å². The largest absolute Gasteiger partial charge is 0.359 e. The highest BCUT2D eigenvalue weighted by molar-refractivity contribution is 5.07. The lowest BCUT2D eigenvalue weighted by molar-refractivity contribution is 0.367. The van der Waals surface area contributed by atoms with Gasteiger partial charge in [-0.1, -0.05) is 19.0 Å². The molecule has 0 aliphatic heterocycles. The molecule has 0 unspecified atom stereocenters. The van der Waals surface area contributed by atoms with Crippen LogP contribution in [0.1, 0.15) is 37.5 Å². The third kappa shape index (κ3) is 3.20. The van der Waals surface area contributed by atoms with Gasteiger partial charge in [-0.25, -0.2) is 4.98 Å². The fraction of sp³-hybridized carbons (Fsp3) is 0.538. The third-order valence-corrected chi connectivity index (χ3v) is 2.78. The lowest BCUT2D eigenvalue weighted by atomic mass is 10.3. The van der Waals surface area contributed by atoms with E-state index < -0.39 is 0 Å². The van der Waals surface area contributed by atoms with Gasteiger partial charge >= 0.3 is 0 Å². The number of nitrogens with one attached hydrogen (secondary N) is 1. The number of aryl methyl sites for hydroxylation is 1. The molecule has 0 saturated carbocycles. The summed E-state index contributed by atoms with van der Waals surface area (Å²) in [4.78, 5) is 4.29. The molecule has 5 nitrogen and oxygen atoms in total. The van der Waals surface area contributed by atoms with Gasteiger partial charge in [-0.3, -0.25) is 0 Å². The van der Waals surface area contributed by atoms with E-state index in [0.29, 0.717) is 6.54 Å². The predicted molar refractivity (Wildman–Crippen MR) is 69.2 cm³/mol. The number of rotatable bonds is 7. The van der Waals surface area contributed by atoms with Crippen LogP contribution in [-0.4, -0.2) is 21.3 Å². The monoisotopic (exact) mass is 248 g/mol. The van der Waals surface area contributed by atoms with Crippen LogP contribution in [0.15, 0.2) is 23.0 Å². The van der Waals surface area contributed by atoms with E-state index in [-0.39, 0.29) is 0 Å². The molecule has 18 heavy (non-hydrogen) atoms. The molecule has 1 N–H and O–H groups in total. The average Bonchev–Trinajstić information content (AvgIpc) is 2.99. The van der Waals surface area contributed by atoms with Crippen LogP contribution in [0.5, 0.6) is 0 Å². The zero-order valence-corrected chi connectivity index (χ0v) is 11.0. The number of aromatic nitrogens is 3. The van der Waals surface area contributed by atoms with Crippen LogP contribution in [0.25, 0.3) is 0 Å². The molecule has 0 aromatic carbocycles. The Kier molecular flexibility index (Phi) is 4.52. The molecule has 0 aliphatic carbocycles. The molecule has 0 aliphatic rings. The van der Waals surface area contributed by atoms with Crippen LogP contribution in [-0.2, 0) is 19.5 Å². The number of nitrogens with zero attached hydrogens (tertiary/aromatic N) is 3. The molecule has 2 aromatic heterocycles. The Morgan fingerprint density at radius 2 is 2.28 bits per heavy atom. The molecule has 0 radical (unpaired) electrons. The van der Waals surface area contributed by atoms with Crippen molar-refractivity contribution in [3.05, 3.63) is 35.7 Å². The van der Waals surface area contributed by atoms with Crippen molar-refractivity contribution in [1.29, 1.82) is 0 Å². The molecule has 2 heterocycles. The fourth-order valence-electron chi connectivity index (χ4n) is 1.87. The summed E-state index contributed by atoms with van der Waals surface area (Å²) in [6.45, 7) is 6.71. The van der Waals surface area contributed by atoms with Crippen molar-refractivity contribution < 1.29 is 4.52 Å². The first kappa shape index (κ1) is 12.8. The van der Waals surface area contributed by atoms with Crippen molar-refractivity contribution in [2.45, 2.75) is 39.8 Å². The highest BCUT2D eigenvalue weighted by Gasteiger charge is 2.07. The maximum Gasteiger partial charge on any atom is 0.156 e. The molecule has 0 spiro atoms. The normalized spacial score (nSPS) is 11.0. The van der Waals surface area contributed by atoms with Crippen LogP contribution in [0.3, 0.4) is 0 Å². The van der Waals surface area contributed by atoms with Gasteiger partial charge in [-0.05, 0) is 13.0 Å². The van der Waals surface area contributed by atoms with Gasteiger partial charge in [0.2, 0.25) is 0 Å². The highest BCUT2D eigenvalue weighted by atomic mass is 16.5. The molecule has 0 atom stereocenters. The zero-order chi connectivity index (χ0) is 12.8. The third-order valence-electron chi connectivity index (χ3n) is 2.78. The Morgan fingerprint density at radius 3 is 3.06 bits per heavy atom. The van der Waals surface area contributed by atoms with Crippen molar-refractivity contribution in [2.24, 2.45) is 0 Å². The van der Waals surface area contributed by atoms with E-state index in [9.17, 15) is 0 Å². The Morgan fingerprint density at radius 1 is 1.39 bits per heavy atom. The predicted octanol–water partition coefficient (Wildman–Crippen LogP) is 1.98. The van der Waals surface area contributed by atoms with Crippen LogP contribution in [0.2, 0.25) is 0 Å². The molecule has 98 valence electrons. The number of hydrogen-bond acceptors (Lipinski definition) is 4. The average molecular weight is 248 g/mol. The highest BCUT2D eigenvalue weighted by Crippen LogP contribution is 2.08. The fourth-order valence-corrected chi connectivity index (χ4v) is 1.87. The summed E-state index contributed by atoms with van der Waals surface area (Å²) in [6, 6.07) is 2.00. The van der Waals surface area contributed by atoms with Crippen LogP contribution in [0.4, 0.5) is 0 Å². The summed E-state index contributed by atoms with van der Waals surface area (Å²) in [7, 11) is 0. The van der Waals surface area contributed by atoms with Crippen LogP contribution < -0.4 is 5.32 Å². The van der Waals surface area contributed by atoms with Crippen LogP contribution in [0, 0.1) is 0 Å². The summed E-state index contributed by atoms with van der Waals surface area (Å²) in [5.74, 6) is 1.94. The van der Waals surface area contributed by atoms with E-state index in [0.717, 1.165) is 43.2 Å². The van der Waals surface area contributed by atoms with Crippen molar-refractivity contribution in [3.63, 3.8) is 0 Å². The lowest BCUT2D eigenvalue weighted by Crippen LogP contribution is -2.13. The van der Waals surface area contributed by atoms with E-state index in [4.69, 9.17) is 4.52 Å². The smallest absolute Gasteiger partial charge is 0.156 e. The van der Waals surface area contributed by atoms with E-state index in [2.05, 4.69) is 33.9 Å². The first-order valence-electron chi connectivity index (χ1n) is 6.48. The molecular formula is C13H20N4O. The first-order chi connectivity index (χ1) is 8.83. The second-order valence-corrected chi connectivity index (χ2v) is 4.29. The van der Waals surface area contributed by atoms with E-state index in [1.165, 1.54) is 0 Å². The van der Waals surface area contributed by atoms with Crippen LogP contribution >= 0.6 is 0 Å². The Labute approximate surface area is 107 Å². The summed E-state index contributed by atoms with van der Waals surface area (Å²) in [5, 5.41) is 7.36. The SMILES string of the molecule is CCCNCc1cc(Cn2ccnc2CC)on1. The van der Waals surface area contributed by atoms with E-state index in [1.54, 1.807) is 0 Å². The van der Waals surface area contributed by atoms with E-state index >= 15 is 0 Å². The molecule has 5 heteroatoms. The van der Waals surface area contributed by atoms with Gasteiger partial charge in [0.15, 0.2) is 5.76 Å². The molecule has 0 fully saturated rings. The Bertz CT molecular complexity index is 475. The van der Waals surface area contributed by atoms with Gasteiger partial charge in [0.1, 0.15) is 5.82 Å². The van der Waals surface area contributed by atoms with Gasteiger partial charge in [-0.15, -0.1) is 0 Å². The number of imidazole rings is 1. The molecule has 2 aromatic rings. The molecular weight excluding hydrogens is 228 g/mol. The molecule has 0 bridgehead atoms. The minimum absolute atomic E-state index is 0.698. The summed E-state index contributed by atoms with van der Waals surface area (Å²) < 4.78 is 7.42. The van der Waals surface area contributed by atoms with Crippen molar-refractivity contribution in [2.75, 3.05) is 6.54 Å². The molecule has 2 rings (SSSR count). The first-order valence-corrected chi connectivity index (χ1v) is 6.48. The second-order valence-electron chi connectivity index (χ2n) is 4.29. The maximum atomic E-state index is 5.33. The van der Waals surface area contributed by atoms with Gasteiger partial charge in [-0.2, -0.15) is 0 Å². The van der Waals surface area contributed by atoms with Gasteiger partial charge in [0.05, 0.1) is 12.2 Å². The maximum absolute atomic E-state index is 5.33. The zero-order valence-electron chi connectivity index (χ0n) is 11.0. The summed E-state index contributed by atoms with van der Waals surface area (Å²) in [5.41, 5.74) is 0.955. The Hall–Kier alpha value is -1.62. The topological polar surface area (TPSA) is 55.9 Å². The van der Waals surface area contributed by atoms with Gasteiger partial charge in [0, 0.05) is 31.4 Å². The summed E-state index contributed by atoms with van der Waals surface area (Å²) in [6.07, 6.45) is 5.83. The van der Waals surface area contributed by atoms with Gasteiger partial charge in [0.25, 0.3) is 0 Å². The molecule has 0 saturated heterocycles. The van der Waals surface area contributed by atoms with Crippen molar-refractivity contribution >= 4 is 0 Å².